The van der Waals surface area contributed by atoms with Gasteiger partial charge < -0.3 is 4.42 Å². The van der Waals surface area contributed by atoms with Crippen molar-refractivity contribution in [2.24, 2.45) is 0 Å². The second-order valence-corrected chi connectivity index (χ2v) is 6.55. The van der Waals surface area contributed by atoms with Crippen molar-refractivity contribution >= 4 is 9.84 Å². The minimum atomic E-state index is -3.60. The second-order valence-electron chi connectivity index (χ2n) is 4.59. The molecule has 0 aromatic heterocycles. The lowest BCUT2D eigenvalue weighted by molar-refractivity contribution is 0.532. The Hall–Kier alpha value is -1.62. The Kier molecular flexibility index (Phi) is 3.02. The van der Waals surface area contributed by atoms with Crippen LogP contribution < -0.4 is 5.63 Å². The maximum atomic E-state index is 11.7. The van der Waals surface area contributed by atoms with Crippen LogP contribution in [-0.2, 0) is 9.84 Å². The fourth-order valence-electron chi connectivity index (χ4n) is 1.86. The molecule has 0 aromatic carbocycles. The highest BCUT2D eigenvalue weighted by atomic mass is 32.2. The highest BCUT2D eigenvalue weighted by Crippen LogP contribution is 2.29. The summed E-state index contributed by atoms with van der Waals surface area (Å²) in [4.78, 5) is 11.4. The van der Waals surface area contributed by atoms with Gasteiger partial charge in [-0.25, -0.2) is 13.2 Å². The highest BCUT2D eigenvalue weighted by molar-refractivity contribution is 7.90. The van der Waals surface area contributed by atoms with Gasteiger partial charge in [0.25, 0.3) is 0 Å². The van der Waals surface area contributed by atoms with Crippen molar-refractivity contribution in [2.75, 3.05) is 6.26 Å². The summed E-state index contributed by atoms with van der Waals surface area (Å²) in [6.07, 6.45) is 1.01. The van der Waals surface area contributed by atoms with E-state index >= 15 is 0 Å². The Morgan fingerprint density at radius 3 is 2.44 bits per heavy atom. The van der Waals surface area contributed by atoms with Crippen LogP contribution in [0, 0.1) is 0 Å². The van der Waals surface area contributed by atoms with Crippen LogP contribution in [0.15, 0.2) is 38.4 Å². The van der Waals surface area contributed by atoms with Crippen LogP contribution in [0.4, 0.5) is 0 Å². The van der Waals surface area contributed by atoms with Gasteiger partial charge in [-0.2, -0.15) is 0 Å². The molecular formula is C13H14O4S. The van der Waals surface area contributed by atoms with E-state index in [4.69, 9.17) is 4.42 Å². The molecule has 0 atom stereocenters. The molecule has 5 heteroatoms. The average molecular weight is 266 g/mol. The number of fused-ring (bicyclic) bond motifs is 1. The topological polar surface area (TPSA) is 64.3 Å². The zero-order valence-electron chi connectivity index (χ0n) is 10.4. The van der Waals surface area contributed by atoms with Crippen LogP contribution in [0.3, 0.4) is 0 Å². The zero-order chi connectivity index (χ0) is 13.5. The van der Waals surface area contributed by atoms with E-state index in [0.29, 0.717) is 11.3 Å². The predicted molar refractivity (Wildman–Crippen MR) is 68.8 cm³/mol. The average Bonchev–Trinajstić information content (AvgIpc) is 2.41. The van der Waals surface area contributed by atoms with Crippen LogP contribution in [0.2, 0.25) is 0 Å². The maximum absolute atomic E-state index is 11.7. The van der Waals surface area contributed by atoms with Gasteiger partial charge in [-0.1, -0.05) is 26.0 Å². The van der Waals surface area contributed by atoms with Gasteiger partial charge in [0.2, 0.25) is 0 Å². The van der Waals surface area contributed by atoms with Crippen molar-refractivity contribution in [3.05, 3.63) is 40.2 Å². The summed E-state index contributed by atoms with van der Waals surface area (Å²) in [7, 11) is -3.60. The number of furan rings is 1. The van der Waals surface area contributed by atoms with Gasteiger partial charge in [-0.05, 0) is 23.6 Å². The van der Waals surface area contributed by atoms with Crippen molar-refractivity contribution in [1.82, 2.24) is 0 Å². The van der Waals surface area contributed by atoms with Gasteiger partial charge in [-0.15, -0.1) is 0 Å². The predicted octanol–water partition coefficient (Wildman–Crippen LogP) is 2.27. The van der Waals surface area contributed by atoms with Crippen molar-refractivity contribution in [2.45, 2.75) is 24.7 Å². The normalized spacial score (nSPS) is 12.2. The summed E-state index contributed by atoms with van der Waals surface area (Å²) in [5.41, 5.74) is 0.514. The summed E-state index contributed by atoms with van der Waals surface area (Å²) < 4.78 is 28.3. The fraction of sp³-hybridized carbons (Fsp3) is 0.308. The Morgan fingerprint density at radius 2 is 1.89 bits per heavy atom. The van der Waals surface area contributed by atoms with Crippen LogP contribution >= 0.6 is 0 Å². The van der Waals surface area contributed by atoms with E-state index in [1.807, 2.05) is 19.9 Å². The van der Waals surface area contributed by atoms with Crippen molar-refractivity contribution in [3.8, 4) is 11.3 Å². The maximum Gasteiger partial charge on any atom is 0.355 e. The zero-order valence-corrected chi connectivity index (χ0v) is 11.2. The summed E-state index contributed by atoms with van der Waals surface area (Å²) in [5, 5.41) is 0. The summed E-state index contributed by atoms with van der Waals surface area (Å²) in [6, 6.07) is 6.96. The molecule has 0 saturated heterocycles. The Bertz CT molecular complexity index is 710. The van der Waals surface area contributed by atoms with Gasteiger partial charge in [0, 0.05) is 11.8 Å². The first-order chi connectivity index (χ1) is 8.30. The molecular weight excluding hydrogens is 252 g/mol. The Balaban J connectivity index is 2.88. The third kappa shape index (κ3) is 2.18. The molecule has 0 amide bonds. The minimum Gasteiger partial charge on any atom is -0.422 e. The summed E-state index contributed by atoms with van der Waals surface area (Å²) in [6.45, 7) is 4.00. The highest BCUT2D eigenvalue weighted by Gasteiger charge is 2.25. The minimum absolute atomic E-state index is 0.234. The Morgan fingerprint density at radius 1 is 1.22 bits per heavy atom. The van der Waals surface area contributed by atoms with E-state index in [0.717, 1.165) is 11.8 Å². The molecule has 0 radical (unpaired) electrons. The summed E-state index contributed by atoms with van der Waals surface area (Å²) in [5.74, 6) is 0.533. The largest absolute Gasteiger partial charge is 0.422 e. The van der Waals surface area contributed by atoms with E-state index in [1.165, 1.54) is 0 Å². The molecule has 1 heterocycles. The van der Waals surface area contributed by atoms with Gasteiger partial charge in [0.1, 0.15) is 5.76 Å². The smallest absolute Gasteiger partial charge is 0.355 e. The van der Waals surface area contributed by atoms with Gasteiger partial charge in [-0.3, -0.25) is 0 Å². The molecule has 0 aromatic rings. The van der Waals surface area contributed by atoms with Crippen molar-refractivity contribution in [3.63, 3.8) is 0 Å². The van der Waals surface area contributed by atoms with E-state index < -0.39 is 15.5 Å². The standard InChI is InChI=1S/C13H14O4S/c1-8(2)9-5-4-6-11-10(7-9)12(13(14)17-11)18(3,15)16/h4-8H,1-3H3. The molecule has 0 unspecified atom stereocenters. The van der Waals surface area contributed by atoms with Crippen molar-refractivity contribution in [1.29, 1.82) is 0 Å². The van der Waals surface area contributed by atoms with Gasteiger partial charge in [0.15, 0.2) is 14.7 Å². The van der Waals surface area contributed by atoms with Gasteiger partial charge in [0.05, 0.1) is 0 Å². The number of rotatable bonds is 2. The lowest BCUT2D eigenvalue weighted by Crippen LogP contribution is -2.08. The molecule has 1 aliphatic heterocycles. The molecule has 4 nitrogen and oxygen atoms in total. The monoisotopic (exact) mass is 266 g/mol. The molecule has 2 rings (SSSR count). The molecule has 0 spiro atoms. The molecule has 2 aliphatic rings. The molecule has 0 N–H and O–H groups in total. The number of hydrogen-bond donors (Lipinski definition) is 0. The molecule has 0 saturated carbocycles. The molecule has 1 aliphatic carbocycles. The molecule has 96 valence electrons. The first-order valence-electron chi connectivity index (χ1n) is 5.57. The third-order valence-electron chi connectivity index (χ3n) is 2.78. The molecule has 0 fully saturated rings. The lowest BCUT2D eigenvalue weighted by Gasteiger charge is -2.02. The number of hydrogen-bond acceptors (Lipinski definition) is 4. The van der Waals surface area contributed by atoms with Crippen molar-refractivity contribution < 1.29 is 12.8 Å². The van der Waals surface area contributed by atoms with E-state index in [1.54, 1.807) is 18.2 Å². The summed E-state index contributed by atoms with van der Waals surface area (Å²) >= 11 is 0. The van der Waals surface area contributed by atoms with E-state index in [-0.39, 0.29) is 10.8 Å². The SMILES string of the molecule is CC(C)c1cccc2oc(=O)c(S(C)(=O)=O)c-2c1. The first kappa shape index (κ1) is 12.8. The van der Waals surface area contributed by atoms with Crippen LogP contribution in [0.5, 0.6) is 0 Å². The van der Waals surface area contributed by atoms with E-state index in [2.05, 4.69) is 0 Å². The third-order valence-corrected chi connectivity index (χ3v) is 3.91. The quantitative estimate of drug-likeness (QED) is 0.836. The molecule has 0 bridgehead atoms. The van der Waals surface area contributed by atoms with Gasteiger partial charge >= 0.3 is 5.63 Å². The van der Waals surface area contributed by atoms with Crippen LogP contribution in [0.25, 0.3) is 11.3 Å². The van der Waals surface area contributed by atoms with Crippen LogP contribution in [-0.4, -0.2) is 14.7 Å². The first-order valence-corrected chi connectivity index (χ1v) is 7.46. The lowest BCUT2D eigenvalue weighted by atomic mass is 10.0. The number of sulfone groups is 1. The van der Waals surface area contributed by atoms with Crippen LogP contribution in [0.1, 0.15) is 25.3 Å². The second kappa shape index (κ2) is 4.24. The fourth-order valence-corrected chi connectivity index (χ4v) is 2.76. The molecule has 18 heavy (non-hydrogen) atoms. The van der Waals surface area contributed by atoms with E-state index in [9.17, 15) is 13.2 Å². The Labute approximate surface area is 106 Å².